The minimum Gasteiger partial charge on any atom is -0.317 e. The fourth-order valence-corrected chi connectivity index (χ4v) is 2.58. The molecule has 0 unspecified atom stereocenters. The highest BCUT2D eigenvalue weighted by atomic mass is 19.1. The molecule has 3 aromatic rings. The van der Waals surface area contributed by atoms with Gasteiger partial charge in [0.25, 0.3) is 5.56 Å². The Hall–Kier alpha value is -2.89. The van der Waals surface area contributed by atoms with Gasteiger partial charge in [0.15, 0.2) is 0 Å². The number of aldehydes is 1. The molecule has 0 bridgehead atoms. The number of hydrogen-bond donors (Lipinski definition) is 0. The Balaban J connectivity index is 2.32. The molecule has 116 valence electrons. The maximum absolute atomic E-state index is 14.1. The molecule has 2 heterocycles. The standard InChI is InChI=1S/C17H12F2N2O2/c1-21-9-14(11-2-4-20-8-13(11)17(21)23)10-6-15(18)12(3-5-22)16(19)7-10/h2,4-9H,3H2,1H3. The number of nitrogens with zero attached hydrogens (tertiary/aromatic N) is 2. The van der Waals surface area contributed by atoms with Crippen LogP contribution in [0.15, 0.2) is 41.6 Å². The number of carbonyl (C=O) groups excluding carboxylic acids is 1. The fraction of sp³-hybridized carbons (Fsp3) is 0.118. The number of halogens is 2. The molecule has 0 saturated carbocycles. The van der Waals surface area contributed by atoms with Gasteiger partial charge in [0.1, 0.15) is 17.9 Å². The SMILES string of the molecule is Cn1cc(-c2cc(F)c(CC=O)c(F)c2)c2ccncc2c1=O. The van der Waals surface area contributed by atoms with Gasteiger partial charge in [-0.3, -0.25) is 9.78 Å². The van der Waals surface area contributed by atoms with Crippen LogP contribution >= 0.6 is 0 Å². The van der Waals surface area contributed by atoms with Crippen LogP contribution in [0.25, 0.3) is 21.9 Å². The van der Waals surface area contributed by atoms with Crippen LogP contribution in [0.4, 0.5) is 8.78 Å². The van der Waals surface area contributed by atoms with Gasteiger partial charge in [-0.15, -0.1) is 0 Å². The van der Waals surface area contributed by atoms with E-state index in [1.165, 1.54) is 35.3 Å². The van der Waals surface area contributed by atoms with Crippen molar-refractivity contribution in [1.29, 1.82) is 0 Å². The summed E-state index contributed by atoms with van der Waals surface area (Å²) in [6, 6.07) is 3.96. The van der Waals surface area contributed by atoms with Crippen LogP contribution in [0.2, 0.25) is 0 Å². The van der Waals surface area contributed by atoms with Gasteiger partial charge in [0.05, 0.1) is 5.39 Å². The van der Waals surface area contributed by atoms with Gasteiger partial charge in [-0.2, -0.15) is 0 Å². The largest absolute Gasteiger partial charge is 0.317 e. The fourth-order valence-electron chi connectivity index (χ4n) is 2.58. The van der Waals surface area contributed by atoms with Crippen molar-refractivity contribution in [2.45, 2.75) is 6.42 Å². The Morgan fingerprint density at radius 1 is 1.22 bits per heavy atom. The van der Waals surface area contributed by atoms with Crippen LogP contribution in [0.3, 0.4) is 0 Å². The van der Waals surface area contributed by atoms with E-state index in [1.54, 1.807) is 13.1 Å². The molecule has 0 radical (unpaired) electrons. The first-order valence-corrected chi connectivity index (χ1v) is 6.88. The van der Waals surface area contributed by atoms with Gasteiger partial charge in [-0.1, -0.05) is 0 Å². The van der Waals surface area contributed by atoms with Crippen LogP contribution in [0.5, 0.6) is 0 Å². The maximum Gasteiger partial charge on any atom is 0.259 e. The third-order valence-corrected chi connectivity index (χ3v) is 3.72. The summed E-state index contributed by atoms with van der Waals surface area (Å²) in [6.45, 7) is 0. The number of benzene rings is 1. The summed E-state index contributed by atoms with van der Waals surface area (Å²) in [4.78, 5) is 26.6. The molecule has 6 heteroatoms. The van der Waals surface area contributed by atoms with E-state index in [9.17, 15) is 18.4 Å². The van der Waals surface area contributed by atoms with Crippen molar-refractivity contribution in [2.75, 3.05) is 0 Å². The van der Waals surface area contributed by atoms with E-state index in [1.807, 2.05) is 0 Å². The highest BCUT2D eigenvalue weighted by molar-refractivity contribution is 5.95. The maximum atomic E-state index is 14.1. The lowest BCUT2D eigenvalue weighted by Crippen LogP contribution is -2.16. The summed E-state index contributed by atoms with van der Waals surface area (Å²) in [5.41, 5.74) is 0.302. The van der Waals surface area contributed by atoms with Crippen molar-refractivity contribution >= 4 is 17.1 Å². The Labute approximate surface area is 130 Å². The number of aromatic nitrogens is 2. The molecule has 0 aliphatic rings. The lowest BCUT2D eigenvalue weighted by Gasteiger charge is -2.11. The molecule has 1 aromatic carbocycles. The van der Waals surface area contributed by atoms with Crippen molar-refractivity contribution in [3.8, 4) is 11.1 Å². The smallest absolute Gasteiger partial charge is 0.259 e. The number of fused-ring (bicyclic) bond motifs is 1. The number of pyridine rings is 2. The molecule has 0 N–H and O–H groups in total. The summed E-state index contributed by atoms with van der Waals surface area (Å²) in [6.07, 6.45) is 4.59. The molecule has 2 aromatic heterocycles. The van der Waals surface area contributed by atoms with Gasteiger partial charge >= 0.3 is 0 Å². The van der Waals surface area contributed by atoms with E-state index < -0.39 is 11.6 Å². The lowest BCUT2D eigenvalue weighted by molar-refractivity contribution is -0.107. The highest BCUT2D eigenvalue weighted by Crippen LogP contribution is 2.29. The van der Waals surface area contributed by atoms with Gasteiger partial charge in [-0.25, -0.2) is 8.78 Å². The monoisotopic (exact) mass is 314 g/mol. The molecule has 0 aliphatic carbocycles. The minimum atomic E-state index is -0.789. The van der Waals surface area contributed by atoms with Crippen LogP contribution < -0.4 is 5.56 Å². The summed E-state index contributed by atoms with van der Waals surface area (Å²) in [7, 11) is 1.56. The second-order valence-electron chi connectivity index (χ2n) is 5.17. The zero-order valence-corrected chi connectivity index (χ0v) is 12.2. The van der Waals surface area contributed by atoms with Crippen molar-refractivity contribution in [3.63, 3.8) is 0 Å². The molecule has 0 saturated heterocycles. The first-order valence-electron chi connectivity index (χ1n) is 6.88. The Morgan fingerprint density at radius 2 is 1.91 bits per heavy atom. The normalized spacial score (nSPS) is 10.9. The number of rotatable bonds is 3. The molecular formula is C17H12F2N2O2. The van der Waals surface area contributed by atoms with Crippen LogP contribution in [0, 0.1) is 11.6 Å². The van der Waals surface area contributed by atoms with Gasteiger partial charge in [0.2, 0.25) is 0 Å². The van der Waals surface area contributed by atoms with Crippen LogP contribution in [-0.2, 0) is 18.3 Å². The molecule has 3 rings (SSSR count). The predicted octanol–water partition coefficient (Wildman–Crippen LogP) is 2.62. The lowest BCUT2D eigenvalue weighted by atomic mass is 9.99. The number of carbonyl (C=O) groups is 1. The van der Waals surface area contributed by atoms with Crippen LogP contribution in [0.1, 0.15) is 5.56 Å². The zero-order chi connectivity index (χ0) is 16.6. The van der Waals surface area contributed by atoms with E-state index in [0.29, 0.717) is 28.2 Å². The zero-order valence-electron chi connectivity index (χ0n) is 12.2. The van der Waals surface area contributed by atoms with E-state index in [2.05, 4.69) is 4.98 Å². The first-order chi connectivity index (χ1) is 11.0. The molecule has 0 fully saturated rings. The van der Waals surface area contributed by atoms with Crippen LogP contribution in [-0.4, -0.2) is 15.8 Å². The van der Waals surface area contributed by atoms with E-state index in [4.69, 9.17) is 0 Å². The first kappa shape index (κ1) is 15.0. The average Bonchev–Trinajstić information content (AvgIpc) is 2.54. The molecule has 4 nitrogen and oxygen atoms in total. The van der Waals surface area contributed by atoms with Crippen molar-refractivity contribution in [1.82, 2.24) is 9.55 Å². The molecule has 0 amide bonds. The van der Waals surface area contributed by atoms with Crippen molar-refractivity contribution in [3.05, 3.63) is 64.3 Å². The van der Waals surface area contributed by atoms with Crippen molar-refractivity contribution < 1.29 is 13.6 Å². The summed E-state index contributed by atoms with van der Waals surface area (Å²) in [5, 5.41) is 0.926. The Morgan fingerprint density at radius 3 is 2.57 bits per heavy atom. The summed E-state index contributed by atoms with van der Waals surface area (Å²) in [5.74, 6) is -1.58. The molecule has 0 spiro atoms. The number of hydrogen-bond acceptors (Lipinski definition) is 3. The Kier molecular flexibility index (Phi) is 3.73. The summed E-state index contributed by atoms with van der Waals surface area (Å²) >= 11 is 0. The topological polar surface area (TPSA) is 52.0 Å². The second kappa shape index (κ2) is 5.72. The predicted molar refractivity (Wildman–Crippen MR) is 82.1 cm³/mol. The van der Waals surface area contributed by atoms with E-state index in [-0.39, 0.29) is 17.5 Å². The van der Waals surface area contributed by atoms with E-state index >= 15 is 0 Å². The van der Waals surface area contributed by atoms with Gasteiger partial charge < -0.3 is 9.36 Å². The number of aryl methyl sites for hydroxylation is 1. The Bertz CT molecular complexity index is 957. The third kappa shape index (κ3) is 2.52. The highest BCUT2D eigenvalue weighted by Gasteiger charge is 2.15. The molecule has 0 aliphatic heterocycles. The third-order valence-electron chi connectivity index (χ3n) is 3.72. The van der Waals surface area contributed by atoms with E-state index in [0.717, 1.165) is 0 Å². The van der Waals surface area contributed by atoms with Gasteiger partial charge in [0, 0.05) is 43.2 Å². The molecular weight excluding hydrogens is 302 g/mol. The second-order valence-corrected chi connectivity index (χ2v) is 5.17. The molecule has 23 heavy (non-hydrogen) atoms. The minimum absolute atomic E-state index is 0.240. The molecule has 0 atom stereocenters. The van der Waals surface area contributed by atoms with Gasteiger partial charge in [-0.05, 0) is 29.1 Å². The summed E-state index contributed by atoms with van der Waals surface area (Å²) < 4.78 is 29.5. The average molecular weight is 314 g/mol. The van der Waals surface area contributed by atoms with Crippen molar-refractivity contribution in [2.24, 2.45) is 7.05 Å². The quantitative estimate of drug-likeness (QED) is 0.698.